The van der Waals surface area contributed by atoms with Gasteiger partial charge in [-0.05, 0) is 91.1 Å². The minimum Gasteiger partial charge on any atom is -0.481 e. The van der Waals surface area contributed by atoms with Crippen LogP contribution in [-0.4, -0.2) is 119 Å². The van der Waals surface area contributed by atoms with Gasteiger partial charge in [0.15, 0.2) is 0 Å². The predicted octanol–water partition coefficient (Wildman–Crippen LogP) is 3.87. The molecule has 67 heavy (non-hydrogen) atoms. The number of carboxylic acids is 2. The van der Waals surface area contributed by atoms with Gasteiger partial charge >= 0.3 is 19.1 Å². The highest BCUT2D eigenvalue weighted by Crippen LogP contribution is 2.69. The fraction of sp³-hybridized carbons (Fsp3) is 0.735. The SMILES string of the molecule is CC(C)[C@H](NC(=O)[C@H](CCC(=O)O)NC(=O)[C@@H](N)CC(=O)O)C(=O)N[C@H](C(=O)N1CCC[C@H]1C(=O)N[C@@H](CCCCc1ccc(C(C)(C)C)cc1)B1O[C@@H]2[C@@H](C[C@@H]3C[C@@]2(C)C3(C)C)O1)C(C)C. The van der Waals surface area contributed by atoms with Crippen molar-refractivity contribution in [2.24, 2.45) is 34.3 Å². The molecule has 8 N–H and O–H groups in total. The summed E-state index contributed by atoms with van der Waals surface area (Å²) in [5, 5.41) is 29.4. The van der Waals surface area contributed by atoms with Crippen molar-refractivity contribution in [1.82, 2.24) is 26.2 Å². The van der Waals surface area contributed by atoms with Gasteiger partial charge in [0.1, 0.15) is 24.2 Å². The maximum Gasteiger partial charge on any atom is 0.481 e. The average molecular weight is 937 g/mol. The number of unbranched alkanes of at least 4 members (excludes halogenated alkanes) is 1. The van der Waals surface area contributed by atoms with Crippen LogP contribution in [0.15, 0.2) is 24.3 Å². The lowest BCUT2D eigenvalue weighted by Gasteiger charge is -2.67. The molecule has 3 saturated carbocycles. The van der Waals surface area contributed by atoms with E-state index < -0.39 is 104 Å². The molecule has 5 fully saturated rings. The predicted molar refractivity (Wildman–Crippen MR) is 252 cm³/mol. The monoisotopic (exact) mass is 937 g/mol. The number of nitrogens with two attached hydrogens (primary N) is 1. The number of likely N-dealkylation sites (tertiary alicyclic amines) is 1. The zero-order chi connectivity index (χ0) is 49.8. The van der Waals surface area contributed by atoms with Crippen molar-refractivity contribution < 1.29 is 53.1 Å². The van der Waals surface area contributed by atoms with Gasteiger partial charge in [-0.2, -0.15) is 0 Å². The minimum atomic E-state index is -1.51. The maximum atomic E-state index is 14.5. The molecule has 17 nitrogen and oxygen atoms in total. The lowest BCUT2D eigenvalue weighted by atomic mass is 9.39. The number of amides is 5. The van der Waals surface area contributed by atoms with Crippen LogP contribution >= 0.6 is 0 Å². The minimum absolute atomic E-state index is 0.0408. The molecule has 372 valence electrons. The number of carboxylic acid groups (broad SMARTS) is 2. The number of aliphatic carboxylic acids is 2. The Hall–Kier alpha value is -4.55. The molecule has 3 aliphatic carbocycles. The quantitative estimate of drug-likeness (QED) is 0.0646. The van der Waals surface area contributed by atoms with Gasteiger partial charge in [0.2, 0.25) is 29.5 Å². The smallest absolute Gasteiger partial charge is 0.481 e. The molecule has 1 aromatic carbocycles. The topological polar surface area (TPSA) is 256 Å². The number of rotatable bonds is 22. The molecule has 0 unspecified atom stereocenters. The summed E-state index contributed by atoms with van der Waals surface area (Å²) in [7, 11) is -0.646. The molecule has 2 heterocycles. The van der Waals surface area contributed by atoms with E-state index in [0.29, 0.717) is 31.7 Å². The van der Waals surface area contributed by atoms with Crippen LogP contribution in [0.3, 0.4) is 0 Å². The first-order valence-corrected chi connectivity index (χ1v) is 24.4. The molecule has 6 rings (SSSR count). The Morgan fingerprint density at radius 1 is 0.836 bits per heavy atom. The third kappa shape index (κ3) is 12.6. The van der Waals surface area contributed by atoms with E-state index in [0.717, 1.165) is 32.1 Å². The molecule has 18 heteroatoms. The highest BCUT2D eigenvalue weighted by atomic mass is 16.7. The van der Waals surface area contributed by atoms with Crippen LogP contribution in [-0.2, 0) is 54.7 Å². The average Bonchev–Trinajstić information content (AvgIpc) is 3.92. The zero-order valence-corrected chi connectivity index (χ0v) is 41.3. The van der Waals surface area contributed by atoms with Crippen molar-refractivity contribution in [1.29, 1.82) is 0 Å². The summed E-state index contributed by atoms with van der Waals surface area (Å²) in [4.78, 5) is 93.2. The summed E-state index contributed by atoms with van der Waals surface area (Å²) >= 11 is 0. The van der Waals surface area contributed by atoms with Crippen LogP contribution in [0.1, 0.15) is 145 Å². The van der Waals surface area contributed by atoms with E-state index in [-0.39, 0.29) is 40.8 Å². The Morgan fingerprint density at radius 2 is 1.48 bits per heavy atom. The van der Waals surface area contributed by atoms with Gasteiger partial charge in [0.25, 0.3) is 0 Å². The first kappa shape index (κ1) is 53.4. The van der Waals surface area contributed by atoms with Gasteiger partial charge in [-0.15, -0.1) is 0 Å². The summed E-state index contributed by atoms with van der Waals surface area (Å²) in [5.41, 5.74) is 8.36. The third-order valence-corrected chi connectivity index (χ3v) is 15.3. The number of carbonyl (C=O) groups excluding carboxylic acids is 5. The lowest BCUT2D eigenvalue weighted by molar-refractivity contribution is -0.220. The number of hydrogen-bond donors (Lipinski definition) is 7. The van der Waals surface area contributed by atoms with E-state index in [1.54, 1.807) is 27.7 Å². The van der Waals surface area contributed by atoms with Gasteiger partial charge in [0, 0.05) is 18.4 Å². The van der Waals surface area contributed by atoms with Gasteiger partial charge < -0.3 is 51.4 Å². The zero-order valence-electron chi connectivity index (χ0n) is 41.3. The summed E-state index contributed by atoms with van der Waals surface area (Å²) in [5.74, 6) is -6.79. The fourth-order valence-electron chi connectivity index (χ4n) is 10.5. The molecule has 5 amide bonds. The number of nitrogens with zero attached hydrogens (tertiary/aromatic N) is 1. The van der Waals surface area contributed by atoms with E-state index in [1.807, 2.05) is 0 Å². The van der Waals surface area contributed by atoms with Gasteiger partial charge in [-0.1, -0.05) is 99.9 Å². The van der Waals surface area contributed by atoms with E-state index in [9.17, 15) is 38.7 Å². The van der Waals surface area contributed by atoms with Crippen molar-refractivity contribution in [3.63, 3.8) is 0 Å². The van der Waals surface area contributed by atoms with Crippen molar-refractivity contribution >= 4 is 48.6 Å². The van der Waals surface area contributed by atoms with Crippen LogP contribution in [0.5, 0.6) is 0 Å². The molecule has 2 aliphatic heterocycles. The maximum absolute atomic E-state index is 14.5. The Kier molecular flexibility index (Phi) is 17.4. The van der Waals surface area contributed by atoms with Crippen molar-refractivity contribution in [2.75, 3.05) is 6.54 Å². The fourth-order valence-corrected chi connectivity index (χ4v) is 10.5. The highest BCUT2D eigenvalue weighted by Gasteiger charge is 2.69. The Morgan fingerprint density at radius 3 is 2.06 bits per heavy atom. The number of aryl methyl sites for hydroxylation is 1. The van der Waals surface area contributed by atoms with E-state index in [4.69, 9.17) is 20.1 Å². The number of benzene rings is 1. The third-order valence-electron chi connectivity index (χ3n) is 15.3. The van der Waals surface area contributed by atoms with Crippen molar-refractivity contribution in [2.45, 2.75) is 194 Å². The molecule has 0 radical (unpaired) electrons. The van der Waals surface area contributed by atoms with Crippen LogP contribution in [0.4, 0.5) is 0 Å². The van der Waals surface area contributed by atoms with Crippen molar-refractivity contribution in [3.05, 3.63) is 35.4 Å². The second-order valence-electron chi connectivity index (χ2n) is 22.0. The molecule has 2 bridgehead atoms. The molecule has 10 atom stereocenters. The van der Waals surface area contributed by atoms with E-state index in [1.165, 1.54) is 16.0 Å². The van der Waals surface area contributed by atoms with E-state index >= 15 is 0 Å². The molecule has 2 saturated heterocycles. The van der Waals surface area contributed by atoms with Crippen LogP contribution < -0.4 is 27.0 Å². The van der Waals surface area contributed by atoms with Crippen LogP contribution in [0, 0.1) is 28.6 Å². The van der Waals surface area contributed by atoms with E-state index in [2.05, 4.69) is 87.1 Å². The Labute approximate surface area is 396 Å². The molecule has 1 aromatic rings. The summed E-state index contributed by atoms with van der Waals surface area (Å²) in [6, 6.07) is 2.67. The van der Waals surface area contributed by atoms with Gasteiger partial charge in [0.05, 0.1) is 30.6 Å². The molecule has 0 aromatic heterocycles. The normalized spacial score (nSPS) is 25.3. The highest BCUT2D eigenvalue weighted by molar-refractivity contribution is 6.47. The molecule has 0 spiro atoms. The molecular weight excluding hydrogens is 859 g/mol. The second kappa shape index (κ2) is 21.8. The Balaban J connectivity index is 1.27. The number of nitrogens with one attached hydrogen (secondary N) is 4. The molecule has 5 aliphatic rings. The van der Waals surface area contributed by atoms with Crippen LogP contribution in [0.2, 0.25) is 0 Å². The molecular formula is C49H77BN6O11. The number of hydrogen-bond acceptors (Lipinski definition) is 10. The van der Waals surface area contributed by atoms with Gasteiger partial charge in [-0.25, -0.2) is 0 Å². The summed E-state index contributed by atoms with van der Waals surface area (Å²) < 4.78 is 13.5. The van der Waals surface area contributed by atoms with Crippen LogP contribution in [0.25, 0.3) is 0 Å². The van der Waals surface area contributed by atoms with Gasteiger partial charge in [-0.3, -0.25) is 33.6 Å². The lowest BCUT2D eigenvalue weighted by Crippen LogP contribution is -2.66. The standard InChI is InChI=1S/C49H77BN6O11/c1-27(2)39(54-43(62)33(21-22-37(57)58)52-42(61)32(51)25-38(59)60)45(64)55-40(28(3)4)46(65)56-23-13-15-34(56)44(63)53-36(16-12-11-14-29-17-19-30(20-18-29)47(5,6)7)50-66-35-24-31-26-49(10,41(35)67-50)48(31,8)9/h17-20,27-28,31-36,39-41H,11-16,21-26,51H2,1-10H3,(H,52,61)(H,53,63)(H,54,62)(H,55,64)(H,57,58)(H,59,60)/t31-,32+,33+,34+,35-,36+,39+,40+,41-,49-/m1/s1. The number of carbonyl (C=O) groups is 7. The summed E-state index contributed by atoms with van der Waals surface area (Å²) in [6.07, 6.45) is 4.43. The first-order chi connectivity index (χ1) is 31.2. The first-order valence-electron chi connectivity index (χ1n) is 24.4. The Bertz CT molecular complexity index is 1970. The largest absolute Gasteiger partial charge is 0.481 e. The van der Waals surface area contributed by atoms with Crippen molar-refractivity contribution in [3.8, 4) is 0 Å². The second-order valence-corrected chi connectivity index (χ2v) is 22.0. The summed E-state index contributed by atoms with van der Waals surface area (Å²) in [6.45, 7) is 20.7.